The van der Waals surface area contributed by atoms with Crippen molar-refractivity contribution >= 4 is 24.0 Å². The fraction of sp³-hybridized carbons (Fsp3) is 0.579. The van der Waals surface area contributed by atoms with Crippen LogP contribution >= 0.6 is 12.4 Å². The number of pyridine rings is 1. The van der Waals surface area contributed by atoms with Gasteiger partial charge in [-0.25, -0.2) is 0 Å². The van der Waals surface area contributed by atoms with E-state index in [0.29, 0.717) is 25.7 Å². The van der Waals surface area contributed by atoms with E-state index in [4.69, 9.17) is 10.1 Å². The van der Waals surface area contributed by atoms with Crippen LogP contribution in [0.4, 0.5) is 0 Å². The van der Waals surface area contributed by atoms with Crippen LogP contribution in [0.5, 0.6) is 0 Å². The zero-order valence-corrected chi connectivity index (χ0v) is 16.2. The van der Waals surface area contributed by atoms with E-state index in [-0.39, 0.29) is 24.4 Å². The number of likely N-dealkylation sites (tertiary alicyclic amines) is 1. The first-order chi connectivity index (χ1) is 12.8. The summed E-state index contributed by atoms with van der Waals surface area (Å²) in [7, 11) is 0. The van der Waals surface area contributed by atoms with Crippen molar-refractivity contribution < 1.29 is 9.63 Å². The summed E-state index contributed by atoms with van der Waals surface area (Å²) in [5.41, 5.74) is 2.07. The molecule has 0 unspecified atom stereocenters. The zero-order valence-electron chi connectivity index (χ0n) is 15.3. The fourth-order valence-corrected chi connectivity index (χ4v) is 3.46. The predicted octanol–water partition coefficient (Wildman–Crippen LogP) is 2.42. The predicted molar refractivity (Wildman–Crippen MR) is 104 cm³/mol. The van der Waals surface area contributed by atoms with Crippen LogP contribution in [0.3, 0.4) is 0 Å². The second kappa shape index (κ2) is 10.9. The monoisotopic (exact) mass is 391 g/mol. The minimum Gasteiger partial charge on any atom is -0.391 e. The summed E-state index contributed by atoms with van der Waals surface area (Å²) in [5, 5.41) is 16.7. The van der Waals surface area contributed by atoms with E-state index in [0.717, 1.165) is 49.8 Å². The van der Waals surface area contributed by atoms with Crippen molar-refractivity contribution in [2.45, 2.75) is 57.2 Å². The molecule has 1 atom stereocenters. The zero-order chi connectivity index (χ0) is 18.2. The molecule has 0 radical (unpaired) electrons. The van der Waals surface area contributed by atoms with Crippen molar-refractivity contribution in [3.05, 3.63) is 30.1 Å². The molecule has 1 saturated carbocycles. The van der Waals surface area contributed by atoms with Gasteiger partial charge < -0.3 is 15.1 Å². The number of carbonyl (C=O) groups is 1. The van der Waals surface area contributed by atoms with Gasteiger partial charge in [-0.3, -0.25) is 9.78 Å². The molecule has 7 nitrogen and oxygen atoms in total. The van der Waals surface area contributed by atoms with Gasteiger partial charge in [0.15, 0.2) is 0 Å². The molecular formula is C19H26ClN5O2. The van der Waals surface area contributed by atoms with Gasteiger partial charge in [0.25, 0.3) is 0 Å². The number of nitriles is 1. The average molecular weight is 392 g/mol. The number of nitrogens with one attached hydrogen (secondary N) is 1. The molecule has 1 aliphatic heterocycles. The highest BCUT2D eigenvalue weighted by Gasteiger charge is 2.28. The molecule has 0 bridgehead atoms. The molecule has 2 heterocycles. The van der Waals surface area contributed by atoms with Gasteiger partial charge >= 0.3 is 0 Å². The smallest absolute Gasteiger partial charge is 0.237 e. The quantitative estimate of drug-likeness (QED) is 0.752. The van der Waals surface area contributed by atoms with Crippen LogP contribution in [0.1, 0.15) is 44.1 Å². The Hall–Kier alpha value is -2.17. The third-order valence-electron chi connectivity index (χ3n) is 4.97. The van der Waals surface area contributed by atoms with Gasteiger partial charge in [0.2, 0.25) is 5.91 Å². The minimum absolute atomic E-state index is 0. The Kier molecular flexibility index (Phi) is 8.49. The van der Waals surface area contributed by atoms with E-state index < -0.39 is 0 Å². The van der Waals surface area contributed by atoms with E-state index in [1.165, 1.54) is 0 Å². The average Bonchev–Trinajstić information content (AvgIpc) is 3.17. The Balaban J connectivity index is 0.00000261. The maximum absolute atomic E-state index is 12.3. The molecule has 27 heavy (non-hydrogen) atoms. The normalized spacial score (nSPS) is 21.9. The summed E-state index contributed by atoms with van der Waals surface area (Å²) >= 11 is 0. The molecule has 1 aromatic rings. The van der Waals surface area contributed by atoms with Gasteiger partial charge in [-0.2, -0.15) is 5.26 Å². The Bertz CT molecular complexity index is 666. The summed E-state index contributed by atoms with van der Waals surface area (Å²) in [6, 6.07) is 6.13. The highest BCUT2D eigenvalue weighted by atomic mass is 35.5. The van der Waals surface area contributed by atoms with Crippen LogP contribution in [0.25, 0.3) is 0 Å². The van der Waals surface area contributed by atoms with Crippen LogP contribution < -0.4 is 5.32 Å². The van der Waals surface area contributed by atoms with Gasteiger partial charge in [-0.15, -0.1) is 12.4 Å². The topological polar surface area (TPSA) is 90.6 Å². The van der Waals surface area contributed by atoms with Gasteiger partial charge in [0.05, 0.1) is 18.3 Å². The molecule has 3 rings (SSSR count). The maximum atomic E-state index is 12.3. The molecule has 2 fully saturated rings. The van der Waals surface area contributed by atoms with E-state index in [1.54, 1.807) is 17.3 Å². The van der Waals surface area contributed by atoms with Crippen LogP contribution in [0.2, 0.25) is 0 Å². The first-order valence-electron chi connectivity index (χ1n) is 9.25. The second-order valence-electron chi connectivity index (χ2n) is 6.82. The molecule has 1 N–H and O–H groups in total. The van der Waals surface area contributed by atoms with Crippen LogP contribution in [0, 0.1) is 11.3 Å². The third-order valence-corrected chi connectivity index (χ3v) is 4.97. The van der Waals surface area contributed by atoms with E-state index in [9.17, 15) is 4.79 Å². The Morgan fingerprint density at radius 3 is 2.93 bits per heavy atom. The Labute approximate surface area is 166 Å². The van der Waals surface area contributed by atoms with E-state index in [2.05, 4.69) is 21.5 Å². The molecule has 1 aromatic heterocycles. The van der Waals surface area contributed by atoms with Gasteiger partial charge in [0.1, 0.15) is 12.6 Å². The number of rotatable bonds is 6. The molecule has 1 saturated heterocycles. The highest BCUT2D eigenvalue weighted by Crippen LogP contribution is 2.18. The SMILES string of the molecule is Cl.N#C[C@@H]1CCCN1C(=O)CNC1CCC(=NOCc2cccnc2)CC1. The maximum Gasteiger partial charge on any atom is 0.237 e. The lowest BCUT2D eigenvalue weighted by Crippen LogP contribution is -2.44. The van der Waals surface area contributed by atoms with Crippen LogP contribution in [0.15, 0.2) is 29.7 Å². The highest BCUT2D eigenvalue weighted by molar-refractivity contribution is 5.85. The first kappa shape index (κ1) is 21.1. The molecule has 1 amide bonds. The molecule has 1 aliphatic carbocycles. The largest absolute Gasteiger partial charge is 0.391 e. The number of halogens is 1. The third kappa shape index (κ3) is 6.19. The summed E-state index contributed by atoms with van der Waals surface area (Å²) in [6.07, 6.45) is 8.88. The summed E-state index contributed by atoms with van der Waals surface area (Å²) < 4.78 is 0. The molecule has 0 aromatic carbocycles. The minimum atomic E-state index is -0.244. The van der Waals surface area contributed by atoms with Gasteiger partial charge in [0, 0.05) is 30.5 Å². The first-order valence-corrected chi connectivity index (χ1v) is 9.25. The molecule has 8 heteroatoms. The molecule has 0 spiro atoms. The summed E-state index contributed by atoms with van der Waals surface area (Å²) in [5.74, 6) is 0.0355. The summed E-state index contributed by atoms with van der Waals surface area (Å²) in [4.78, 5) is 23.4. The number of hydrogen-bond acceptors (Lipinski definition) is 6. The lowest BCUT2D eigenvalue weighted by Gasteiger charge is -2.25. The molecular weight excluding hydrogens is 366 g/mol. The van der Waals surface area contributed by atoms with Gasteiger partial charge in [-0.1, -0.05) is 11.2 Å². The van der Waals surface area contributed by atoms with Crippen molar-refractivity contribution in [1.82, 2.24) is 15.2 Å². The van der Waals surface area contributed by atoms with Crippen molar-refractivity contribution in [3.63, 3.8) is 0 Å². The standard InChI is InChI=1S/C19H25N5O2.ClH/c20-11-18-4-2-10-24(18)19(25)13-22-16-5-7-17(8-6-16)23-26-14-15-3-1-9-21-12-15;/h1,3,9,12,16,18,22H,2,4-8,10,13-14H2;1H/t16?,18-;/m0./s1. The van der Waals surface area contributed by atoms with Crippen molar-refractivity contribution in [3.8, 4) is 6.07 Å². The van der Waals surface area contributed by atoms with E-state index >= 15 is 0 Å². The molecule has 2 aliphatic rings. The summed E-state index contributed by atoms with van der Waals surface area (Å²) in [6.45, 7) is 1.45. The molecule has 146 valence electrons. The Morgan fingerprint density at radius 2 is 2.22 bits per heavy atom. The van der Waals surface area contributed by atoms with Crippen molar-refractivity contribution in [2.24, 2.45) is 5.16 Å². The number of aromatic nitrogens is 1. The van der Waals surface area contributed by atoms with Gasteiger partial charge in [-0.05, 0) is 44.6 Å². The number of hydrogen-bond donors (Lipinski definition) is 1. The lowest BCUT2D eigenvalue weighted by molar-refractivity contribution is -0.130. The number of carbonyl (C=O) groups excluding carboxylic acids is 1. The van der Waals surface area contributed by atoms with E-state index in [1.807, 2.05) is 12.1 Å². The van der Waals surface area contributed by atoms with Crippen LogP contribution in [-0.2, 0) is 16.2 Å². The van der Waals surface area contributed by atoms with Crippen molar-refractivity contribution in [2.75, 3.05) is 13.1 Å². The number of oxime groups is 1. The number of amides is 1. The fourth-order valence-electron chi connectivity index (χ4n) is 3.46. The second-order valence-corrected chi connectivity index (χ2v) is 6.82. The van der Waals surface area contributed by atoms with Crippen molar-refractivity contribution in [1.29, 1.82) is 5.26 Å². The lowest BCUT2D eigenvalue weighted by atomic mass is 9.94. The number of nitrogens with zero attached hydrogens (tertiary/aromatic N) is 4. The Morgan fingerprint density at radius 1 is 1.41 bits per heavy atom. The van der Waals surface area contributed by atoms with Crippen LogP contribution in [-0.4, -0.2) is 46.7 Å².